The average Bonchev–Trinajstić information content (AvgIpc) is 2.44. The highest BCUT2D eigenvalue weighted by Gasteiger charge is 2.09. The van der Waals surface area contributed by atoms with Crippen molar-refractivity contribution in [3.63, 3.8) is 0 Å². The predicted molar refractivity (Wildman–Crippen MR) is 55.4 cm³/mol. The van der Waals surface area contributed by atoms with Gasteiger partial charge in [-0.3, -0.25) is 0 Å². The molecule has 0 bridgehead atoms. The molecule has 0 saturated carbocycles. The van der Waals surface area contributed by atoms with Crippen LogP contribution in [-0.2, 0) is 0 Å². The van der Waals surface area contributed by atoms with E-state index in [1.54, 1.807) is 6.92 Å². The first-order chi connectivity index (χ1) is 7.06. The van der Waals surface area contributed by atoms with Crippen molar-refractivity contribution < 1.29 is 13.5 Å². The molecule has 2 N–H and O–H groups in total. The fraction of sp³-hybridized carbons (Fsp3) is 0.222. The van der Waals surface area contributed by atoms with Crippen molar-refractivity contribution in [1.82, 2.24) is 4.98 Å². The number of fused-ring (bicyclic) bond motifs is 1. The molecule has 0 spiro atoms. The van der Waals surface area contributed by atoms with E-state index >= 15 is 0 Å². The molecule has 0 aliphatic carbocycles. The van der Waals surface area contributed by atoms with E-state index in [4.69, 9.17) is 5.73 Å². The van der Waals surface area contributed by atoms with Crippen molar-refractivity contribution in [2.45, 2.75) is 13.5 Å². The average molecular weight is 230 g/mol. The standard InChI is InChI=1S/C9H8F2N2OS/c1-4-2-5(14-8(10)11)3-6-7(4)13-9(12)15-6/h2-3,8H,1H3,(H2,12,13). The van der Waals surface area contributed by atoms with Gasteiger partial charge < -0.3 is 10.5 Å². The molecule has 0 amide bonds. The first-order valence-corrected chi connectivity index (χ1v) is 4.99. The summed E-state index contributed by atoms with van der Waals surface area (Å²) in [7, 11) is 0. The van der Waals surface area contributed by atoms with Gasteiger partial charge in [-0.1, -0.05) is 11.3 Å². The summed E-state index contributed by atoms with van der Waals surface area (Å²) in [6.07, 6.45) is 0. The maximum atomic E-state index is 12.0. The zero-order valence-electron chi connectivity index (χ0n) is 7.83. The number of anilines is 1. The number of halogens is 2. The first kappa shape index (κ1) is 10.1. The highest BCUT2D eigenvalue weighted by atomic mass is 32.1. The SMILES string of the molecule is Cc1cc(OC(F)F)cc2sc(N)nc12. The van der Waals surface area contributed by atoms with Crippen LogP contribution in [0.1, 0.15) is 5.56 Å². The Balaban J connectivity index is 2.51. The Hall–Kier alpha value is -1.43. The third-order valence-corrected chi connectivity index (χ3v) is 2.73. The lowest BCUT2D eigenvalue weighted by atomic mass is 10.2. The Labute approximate surface area is 88.5 Å². The maximum absolute atomic E-state index is 12.0. The monoisotopic (exact) mass is 230 g/mol. The number of rotatable bonds is 2. The lowest BCUT2D eigenvalue weighted by molar-refractivity contribution is -0.0497. The van der Waals surface area contributed by atoms with Gasteiger partial charge in [-0.2, -0.15) is 8.78 Å². The van der Waals surface area contributed by atoms with E-state index in [0.717, 1.165) is 15.8 Å². The molecule has 6 heteroatoms. The molecule has 0 radical (unpaired) electrons. The number of aryl methyl sites for hydroxylation is 1. The molecule has 0 aliphatic heterocycles. The molecule has 1 aromatic heterocycles. The second kappa shape index (κ2) is 3.62. The van der Waals surface area contributed by atoms with Gasteiger partial charge in [0.05, 0.1) is 10.2 Å². The largest absolute Gasteiger partial charge is 0.435 e. The number of alkyl halides is 2. The highest BCUT2D eigenvalue weighted by molar-refractivity contribution is 7.22. The van der Waals surface area contributed by atoms with Crippen LogP contribution in [0.4, 0.5) is 13.9 Å². The van der Waals surface area contributed by atoms with Gasteiger partial charge in [0.25, 0.3) is 0 Å². The van der Waals surface area contributed by atoms with E-state index in [9.17, 15) is 8.78 Å². The van der Waals surface area contributed by atoms with E-state index in [0.29, 0.717) is 5.13 Å². The molecule has 1 heterocycles. The van der Waals surface area contributed by atoms with E-state index in [-0.39, 0.29) is 5.75 Å². The minimum atomic E-state index is -2.81. The summed E-state index contributed by atoms with van der Waals surface area (Å²) in [5.74, 6) is 0.138. The Bertz CT molecular complexity index is 498. The summed E-state index contributed by atoms with van der Waals surface area (Å²) in [5, 5.41) is 0.419. The quantitative estimate of drug-likeness (QED) is 0.862. The molecule has 0 unspecified atom stereocenters. The number of nitrogens with zero attached hydrogens (tertiary/aromatic N) is 1. The maximum Gasteiger partial charge on any atom is 0.387 e. The Morgan fingerprint density at radius 2 is 2.20 bits per heavy atom. The molecule has 0 fully saturated rings. The Morgan fingerprint density at radius 1 is 1.47 bits per heavy atom. The second-order valence-electron chi connectivity index (χ2n) is 3.02. The zero-order chi connectivity index (χ0) is 11.0. The molecule has 80 valence electrons. The van der Waals surface area contributed by atoms with Crippen molar-refractivity contribution in [3.05, 3.63) is 17.7 Å². The third kappa shape index (κ3) is 1.99. The van der Waals surface area contributed by atoms with Crippen molar-refractivity contribution in [1.29, 1.82) is 0 Å². The molecular weight excluding hydrogens is 222 g/mol. The summed E-state index contributed by atoms with van der Waals surface area (Å²) in [6, 6.07) is 3.04. The molecule has 2 rings (SSSR count). The third-order valence-electron chi connectivity index (χ3n) is 1.90. The number of thiazole rings is 1. The number of benzene rings is 1. The lowest BCUT2D eigenvalue weighted by Crippen LogP contribution is -2.01. The minimum absolute atomic E-state index is 0.138. The van der Waals surface area contributed by atoms with Crippen LogP contribution in [-0.4, -0.2) is 11.6 Å². The van der Waals surface area contributed by atoms with E-state index < -0.39 is 6.61 Å². The lowest BCUT2D eigenvalue weighted by Gasteiger charge is -2.05. The molecule has 0 aliphatic rings. The van der Waals surface area contributed by atoms with Crippen LogP contribution in [0.25, 0.3) is 10.2 Å². The topological polar surface area (TPSA) is 48.1 Å². The van der Waals surface area contributed by atoms with Gasteiger partial charge in [0.1, 0.15) is 5.75 Å². The summed E-state index contributed by atoms with van der Waals surface area (Å²) in [5.41, 5.74) is 7.04. The van der Waals surface area contributed by atoms with E-state index in [1.807, 2.05) is 0 Å². The van der Waals surface area contributed by atoms with Gasteiger partial charge >= 0.3 is 6.61 Å². The number of nitrogens with two attached hydrogens (primary N) is 1. The number of hydrogen-bond acceptors (Lipinski definition) is 4. The van der Waals surface area contributed by atoms with E-state index in [2.05, 4.69) is 9.72 Å². The van der Waals surface area contributed by atoms with Crippen LogP contribution in [0.3, 0.4) is 0 Å². The first-order valence-electron chi connectivity index (χ1n) is 4.18. The molecule has 1 aromatic carbocycles. The second-order valence-corrected chi connectivity index (χ2v) is 4.08. The number of ether oxygens (including phenoxy) is 1. The predicted octanol–water partition coefficient (Wildman–Crippen LogP) is 2.79. The molecule has 3 nitrogen and oxygen atoms in total. The number of aromatic nitrogens is 1. The van der Waals surface area contributed by atoms with Gasteiger partial charge in [-0.05, 0) is 24.6 Å². The van der Waals surface area contributed by atoms with Crippen molar-refractivity contribution >= 4 is 26.7 Å². The smallest absolute Gasteiger partial charge is 0.387 e. The van der Waals surface area contributed by atoms with Gasteiger partial charge in [0.15, 0.2) is 5.13 Å². The Kier molecular flexibility index (Phi) is 2.44. The van der Waals surface area contributed by atoms with Crippen LogP contribution in [0.15, 0.2) is 12.1 Å². The minimum Gasteiger partial charge on any atom is -0.435 e. The van der Waals surface area contributed by atoms with Crippen LogP contribution >= 0.6 is 11.3 Å². The van der Waals surface area contributed by atoms with Gasteiger partial charge in [0.2, 0.25) is 0 Å². The van der Waals surface area contributed by atoms with Gasteiger partial charge in [0, 0.05) is 0 Å². The molecular formula is C9H8F2N2OS. The summed E-state index contributed by atoms with van der Waals surface area (Å²) in [4.78, 5) is 4.09. The Morgan fingerprint density at radius 3 is 2.87 bits per heavy atom. The van der Waals surface area contributed by atoms with Gasteiger partial charge in [-0.15, -0.1) is 0 Å². The summed E-state index contributed by atoms with van der Waals surface area (Å²) >= 11 is 1.25. The van der Waals surface area contributed by atoms with Crippen LogP contribution in [0.2, 0.25) is 0 Å². The number of nitrogen functional groups attached to an aromatic ring is 1. The van der Waals surface area contributed by atoms with Crippen molar-refractivity contribution in [2.24, 2.45) is 0 Å². The number of hydrogen-bond donors (Lipinski definition) is 1. The molecule has 15 heavy (non-hydrogen) atoms. The van der Waals surface area contributed by atoms with Crippen LogP contribution in [0, 0.1) is 6.92 Å². The molecule has 0 atom stereocenters. The fourth-order valence-corrected chi connectivity index (χ4v) is 2.19. The highest BCUT2D eigenvalue weighted by Crippen LogP contribution is 2.31. The molecule has 2 aromatic rings. The summed E-state index contributed by atoms with van der Waals surface area (Å²) < 4.78 is 29.1. The van der Waals surface area contributed by atoms with Crippen LogP contribution < -0.4 is 10.5 Å². The van der Waals surface area contributed by atoms with Crippen molar-refractivity contribution in [3.8, 4) is 5.75 Å². The van der Waals surface area contributed by atoms with Gasteiger partial charge in [-0.25, -0.2) is 4.98 Å². The van der Waals surface area contributed by atoms with Crippen molar-refractivity contribution in [2.75, 3.05) is 5.73 Å². The summed E-state index contributed by atoms with van der Waals surface area (Å²) in [6.45, 7) is -1.04. The van der Waals surface area contributed by atoms with Crippen LogP contribution in [0.5, 0.6) is 5.75 Å². The fourth-order valence-electron chi connectivity index (χ4n) is 1.35. The normalized spacial score (nSPS) is 11.2. The zero-order valence-corrected chi connectivity index (χ0v) is 8.65. The molecule has 0 saturated heterocycles. The van der Waals surface area contributed by atoms with E-state index in [1.165, 1.54) is 23.5 Å².